The maximum atomic E-state index is 16.8. The summed E-state index contributed by atoms with van der Waals surface area (Å²) in [7, 11) is 0. The number of ether oxygens (including phenoxy) is 7. The van der Waals surface area contributed by atoms with Crippen molar-refractivity contribution in [1.29, 1.82) is 10.5 Å². The van der Waals surface area contributed by atoms with Crippen molar-refractivity contribution in [3.63, 3.8) is 0 Å². The van der Waals surface area contributed by atoms with Crippen LogP contribution in [0.5, 0.6) is 0 Å². The highest BCUT2D eigenvalue weighted by atomic mass is 32.2. The molecular formula is C62H56F6N8O10S2. The molecule has 2 aliphatic heterocycles. The zero-order chi connectivity index (χ0) is 62.6. The monoisotopic (exact) mass is 1250 g/mol. The van der Waals surface area contributed by atoms with Crippen molar-refractivity contribution in [1.82, 2.24) is 29.5 Å². The molecule has 1 aliphatic carbocycles. The Kier molecular flexibility index (Phi) is 20.9. The fourth-order valence-electron chi connectivity index (χ4n) is 10.1. The van der Waals surface area contributed by atoms with Gasteiger partial charge in [-0.1, -0.05) is 48.6 Å². The van der Waals surface area contributed by atoms with Gasteiger partial charge in [-0.2, -0.15) is 20.7 Å². The highest BCUT2D eigenvalue weighted by Gasteiger charge is 2.71. The van der Waals surface area contributed by atoms with Crippen molar-refractivity contribution >= 4 is 53.6 Å². The lowest BCUT2D eigenvalue weighted by Gasteiger charge is -2.42. The number of rotatable bonds is 24. The minimum atomic E-state index is -2.40. The Hall–Kier alpha value is -8.37. The molecule has 0 radical (unpaired) electrons. The molecule has 0 amide bonds. The van der Waals surface area contributed by atoms with Crippen molar-refractivity contribution in [3.05, 3.63) is 203 Å². The highest BCUT2D eigenvalue weighted by molar-refractivity contribution is 8.00. The van der Waals surface area contributed by atoms with Gasteiger partial charge in [-0.25, -0.2) is 45.7 Å². The fraction of sp³-hybridized carbons (Fsp3) is 0.339. The third-order valence-corrected chi connectivity index (χ3v) is 17.7. The van der Waals surface area contributed by atoms with Gasteiger partial charge in [-0.15, -0.1) is 23.5 Å². The number of nitriles is 2. The van der Waals surface area contributed by atoms with Crippen LogP contribution in [-0.2, 0) is 71.8 Å². The first-order valence-corrected chi connectivity index (χ1v) is 29.3. The first kappa shape index (κ1) is 64.1. The molecule has 0 bridgehead atoms. The number of hydrogen-bond donors (Lipinski definition) is 0. The lowest BCUT2D eigenvalue weighted by atomic mass is 9.88. The Morgan fingerprint density at radius 2 is 1.08 bits per heavy atom. The first-order valence-electron chi connectivity index (χ1n) is 27.4. The van der Waals surface area contributed by atoms with Crippen molar-refractivity contribution in [2.24, 2.45) is 11.3 Å². The number of hydrogen-bond acceptors (Lipinski definition) is 18. The molecule has 1 saturated carbocycles. The number of carbonyl (C=O) groups excluding carboxylic acids is 3. The van der Waals surface area contributed by atoms with E-state index in [0.29, 0.717) is 12.1 Å². The largest absolute Gasteiger partial charge is 0.466 e. The molecule has 2 saturated heterocycles. The van der Waals surface area contributed by atoms with Gasteiger partial charge in [-0.05, 0) is 81.0 Å². The topological polar surface area (TPSA) is 225 Å². The zero-order valence-electron chi connectivity index (χ0n) is 47.3. The maximum Gasteiger partial charge on any atom is 0.324 e. The van der Waals surface area contributed by atoms with Gasteiger partial charge in [0.15, 0.2) is 29.2 Å². The number of nitrogens with zero attached hydrogens (tertiary/aromatic N) is 8. The molecule has 5 atom stereocenters. The van der Waals surface area contributed by atoms with Crippen LogP contribution < -0.4 is 0 Å². The lowest BCUT2D eigenvalue weighted by molar-refractivity contribution is -0.188. The summed E-state index contributed by atoms with van der Waals surface area (Å²) in [4.78, 5) is 52.0. The third-order valence-electron chi connectivity index (χ3n) is 14.8. The normalized spacial score (nSPS) is 21.3. The minimum absolute atomic E-state index is 0.0293. The summed E-state index contributed by atoms with van der Waals surface area (Å²) < 4.78 is 138. The Morgan fingerprint density at radius 1 is 0.648 bits per heavy atom. The smallest absolute Gasteiger partial charge is 0.324 e. The van der Waals surface area contributed by atoms with Gasteiger partial charge in [0.1, 0.15) is 60.2 Å². The molecule has 3 aliphatic rings. The van der Waals surface area contributed by atoms with E-state index in [-0.39, 0.29) is 66.2 Å². The van der Waals surface area contributed by atoms with Crippen molar-refractivity contribution < 1.29 is 73.9 Å². The lowest BCUT2D eigenvalue weighted by Crippen LogP contribution is -2.52. The van der Waals surface area contributed by atoms with Crippen LogP contribution in [0, 0.1) is 68.9 Å². The molecule has 2 aromatic heterocycles. The van der Waals surface area contributed by atoms with Gasteiger partial charge < -0.3 is 33.2 Å². The fourth-order valence-corrected chi connectivity index (χ4v) is 12.8. The number of thioether (sulfide) groups is 2. The van der Waals surface area contributed by atoms with Crippen LogP contribution in [0.25, 0.3) is 12.2 Å². The maximum absolute atomic E-state index is 16.8. The van der Waals surface area contributed by atoms with Gasteiger partial charge in [0.05, 0.1) is 79.9 Å². The molecule has 3 fully saturated rings. The number of halogens is 6. The number of allylic oxidation sites excluding steroid dienone is 4. The summed E-state index contributed by atoms with van der Waals surface area (Å²) in [6, 6.07) is 17.2. The van der Waals surface area contributed by atoms with Crippen molar-refractivity contribution in [3.8, 4) is 12.1 Å². The van der Waals surface area contributed by atoms with E-state index in [1.54, 1.807) is 50.3 Å². The molecule has 458 valence electrons. The minimum Gasteiger partial charge on any atom is -0.466 e. The highest BCUT2D eigenvalue weighted by Crippen LogP contribution is 2.58. The van der Waals surface area contributed by atoms with Crippen LogP contribution in [0.2, 0.25) is 0 Å². The Balaban J connectivity index is 1.01. The van der Waals surface area contributed by atoms with E-state index >= 15 is 18.4 Å². The quantitative estimate of drug-likeness (QED) is 0.0181. The van der Waals surface area contributed by atoms with Gasteiger partial charge >= 0.3 is 17.9 Å². The Labute approximate surface area is 509 Å². The number of aromatic nitrogens is 6. The molecule has 1 unspecified atom stereocenters. The van der Waals surface area contributed by atoms with E-state index in [1.165, 1.54) is 71.1 Å². The molecule has 4 heterocycles. The molecule has 6 aromatic rings. The Morgan fingerprint density at radius 3 is 1.44 bits per heavy atom. The van der Waals surface area contributed by atoms with Crippen molar-refractivity contribution in [2.75, 3.05) is 33.0 Å². The predicted octanol–water partition coefficient (Wildman–Crippen LogP) is 9.86. The summed E-state index contributed by atoms with van der Waals surface area (Å²) >= 11 is 2.30. The third kappa shape index (κ3) is 15.1. The molecule has 88 heavy (non-hydrogen) atoms. The van der Waals surface area contributed by atoms with E-state index in [1.807, 2.05) is 12.1 Å². The average Bonchev–Trinajstić information content (AvgIpc) is 1.55. The number of benzene rings is 4. The van der Waals surface area contributed by atoms with Crippen LogP contribution in [0.4, 0.5) is 26.3 Å². The molecule has 0 N–H and O–H groups in total. The van der Waals surface area contributed by atoms with E-state index in [9.17, 15) is 22.4 Å². The summed E-state index contributed by atoms with van der Waals surface area (Å²) in [5, 5.41) is 23.5. The molecule has 9 rings (SSSR count). The second-order valence-corrected chi connectivity index (χ2v) is 24.0. The van der Waals surface area contributed by atoms with E-state index in [4.69, 9.17) is 43.7 Å². The van der Waals surface area contributed by atoms with Gasteiger partial charge in [0.2, 0.25) is 0 Å². The van der Waals surface area contributed by atoms with Crippen LogP contribution in [-0.4, -0.2) is 114 Å². The summed E-state index contributed by atoms with van der Waals surface area (Å²) in [5.74, 6) is -9.93. The average molecular weight is 1250 g/mol. The van der Waals surface area contributed by atoms with E-state index < -0.39 is 129 Å². The SMILES string of the molecule is CC(=O)OCC1CC1(C(=O)O[C@@](Cn1cncn1)(c1ccc(F)cc1F)[C@@H](C)S[C@H]1CO[C@H](/C=C/C=C/c2ccc(C#N)cc2F)OC1)C(=O)O[C@@](Cn1cncn1)(c1ccc(F)cc1F)[C@@H](C)S[C@H]1CO[C@H](/C=C/C=C/c2ccc(C#N)cc2F)OC1. The molecule has 4 aromatic carbocycles. The van der Waals surface area contributed by atoms with Crippen molar-refractivity contribution in [2.45, 2.75) is 85.1 Å². The standard InChI is InChI=1S/C62H56F6N8O10S2/c1-38(87-48-28-81-56(82-29-48)10-6-4-8-43-14-12-41(25-69)20-52(43)65)61(32-75-36-71-34-73-75,50-18-16-46(63)22-54(50)67)85-58(78)60(24-45(60)27-80-40(3)77)59(79)86-62(33-76-37-72-35-74-76,51-19-17-47(64)23-55(51)68)39(2)88-49-30-83-57(84-31-49)11-7-5-9-44-15-13-42(26-70)21-53(44)66/h4-23,34-39,45,48-49,56-57H,24,27-33H2,1-3H3/b8-4+,9-5+,10-6+,11-7+/t38-,39-,45?,48-,49-,56-,57-,61-,62-/m1/s1. The van der Waals surface area contributed by atoms with E-state index in [2.05, 4.69) is 20.2 Å². The summed E-state index contributed by atoms with van der Waals surface area (Å²) in [6.07, 6.45) is 15.3. The van der Waals surface area contributed by atoms with Gasteiger partial charge in [0, 0.05) is 57.7 Å². The van der Waals surface area contributed by atoms with E-state index in [0.717, 1.165) is 66.8 Å². The first-order chi connectivity index (χ1) is 42.3. The molecule has 0 spiro atoms. The molecule has 26 heteroatoms. The number of esters is 3. The Bertz CT molecular complexity index is 3460. The second kappa shape index (κ2) is 28.6. The number of carbonyl (C=O) groups is 3. The second-order valence-electron chi connectivity index (χ2n) is 20.7. The molecular weight excluding hydrogens is 1190 g/mol. The summed E-state index contributed by atoms with van der Waals surface area (Å²) in [6.45, 7) is 2.96. The molecule has 18 nitrogen and oxygen atoms in total. The zero-order valence-corrected chi connectivity index (χ0v) is 48.9. The van der Waals surface area contributed by atoms with Crippen LogP contribution in [0.1, 0.15) is 60.6 Å². The van der Waals surface area contributed by atoms with Crippen LogP contribution in [0.3, 0.4) is 0 Å². The predicted molar refractivity (Wildman–Crippen MR) is 307 cm³/mol. The van der Waals surface area contributed by atoms with Gasteiger partial charge in [-0.3, -0.25) is 14.4 Å². The van der Waals surface area contributed by atoms with Gasteiger partial charge in [0.25, 0.3) is 0 Å². The van der Waals surface area contributed by atoms with Crippen LogP contribution in [0.15, 0.2) is 135 Å². The van der Waals surface area contributed by atoms with Crippen LogP contribution >= 0.6 is 23.5 Å². The summed E-state index contributed by atoms with van der Waals surface area (Å²) in [5.41, 5.74) is -6.68.